The molecular formula is C17H25NO. The zero-order valence-corrected chi connectivity index (χ0v) is 12.5. The Balaban J connectivity index is 1.86. The van der Waals surface area contributed by atoms with Gasteiger partial charge in [0.05, 0.1) is 6.10 Å². The minimum Gasteiger partial charge on any atom is -0.381 e. The lowest BCUT2D eigenvalue weighted by Gasteiger charge is -2.55. The molecule has 1 aromatic carbocycles. The van der Waals surface area contributed by atoms with E-state index in [1.807, 2.05) is 0 Å². The van der Waals surface area contributed by atoms with Gasteiger partial charge in [-0.3, -0.25) is 0 Å². The maximum Gasteiger partial charge on any atom is 0.0694 e. The summed E-state index contributed by atoms with van der Waals surface area (Å²) in [6.45, 7) is 10.0. The summed E-state index contributed by atoms with van der Waals surface area (Å²) in [6.07, 6.45) is 2.75. The molecule has 19 heavy (non-hydrogen) atoms. The zero-order valence-electron chi connectivity index (χ0n) is 12.5. The minimum absolute atomic E-state index is 0.245. The molecule has 0 amide bonds. The molecule has 0 spiro atoms. The molecular weight excluding hydrogens is 234 g/mol. The van der Waals surface area contributed by atoms with Crippen LogP contribution in [0.3, 0.4) is 0 Å². The van der Waals surface area contributed by atoms with Crippen molar-refractivity contribution in [3.05, 3.63) is 29.3 Å². The van der Waals surface area contributed by atoms with Crippen molar-refractivity contribution in [2.75, 3.05) is 11.9 Å². The molecule has 1 saturated heterocycles. The van der Waals surface area contributed by atoms with Gasteiger partial charge in [0.25, 0.3) is 0 Å². The summed E-state index contributed by atoms with van der Waals surface area (Å²) in [5, 5.41) is 3.85. The Hall–Kier alpha value is -1.02. The highest BCUT2D eigenvalue weighted by Gasteiger charge is 2.59. The smallest absolute Gasteiger partial charge is 0.0694 e. The average Bonchev–Trinajstić information content (AvgIpc) is 2.83. The molecule has 2 aliphatic rings. The third-order valence-corrected chi connectivity index (χ3v) is 5.14. The van der Waals surface area contributed by atoms with E-state index in [1.54, 1.807) is 0 Å². The van der Waals surface area contributed by atoms with Gasteiger partial charge in [0.2, 0.25) is 0 Å². The Morgan fingerprint density at radius 1 is 1.37 bits per heavy atom. The first-order valence-electron chi connectivity index (χ1n) is 7.52. The Bertz CT molecular complexity index is 480. The third-order valence-electron chi connectivity index (χ3n) is 5.14. The van der Waals surface area contributed by atoms with Gasteiger partial charge in [0.1, 0.15) is 0 Å². The summed E-state index contributed by atoms with van der Waals surface area (Å²) in [5.74, 6) is 0.694. The number of rotatable bonds is 3. The van der Waals surface area contributed by atoms with E-state index in [1.165, 1.54) is 23.2 Å². The molecule has 1 N–H and O–H groups in total. The fraction of sp³-hybridized carbons (Fsp3) is 0.647. The van der Waals surface area contributed by atoms with Crippen LogP contribution in [0.4, 0.5) is 5.69 Å². The highest BCUT2D eigenvalue weighted by molar-refractivity contribution is 5.58. The first-order valence-corrected chi connectivity index (χ1v) is 7.52. The number of fused-ring (bicyclic) bond motifs is 1. The SMILES string of the molecule is CCc1cccc(C)c1NC1C2CCOC2C1(C)C. The van der Waals surface area contributed by atoms with Crippen LogP contribution in [0.5, 0.6) is 0 Å². The molecule has 104 valence electrons. The molecule has 3 rings (SSSR count). The summed E-state index contributed by atoms with van der Waals surface area (Å²) >= 11 is 0. The van der Waals surface area contributed by atoms with Crippen LogP contribution < -0.4 is 5.32 Å². The van der Waals surface area contributed by atoms with Crippen molar-refractivity contribution >= 4 is 5.69 Å². The van der Waals surface area contributed by atoms with Gasteiger partial charge in [-0.2, -0.15) is 0 Å². The summed E-state index contributed by atoms with van der Waals surface area (Å²) in [5.41, 5.74) is 4.39. The lowest BCUT2D eigenvalue weighted by Crippen LogP contribution is -2.63. The van der Waals surface area contributed by atoms with Gasteiger partial charge < -0.3 is 10.1 Å². The standard InChI is InChI=1S/C17H25NO/c1-5-12-8-6-7-11(2)14(12)18-15-13-9-10-19-16(13)17(15,3)4/h6-8,13,15-16,18H,5,9-10H2,1-4H3. The van der Waals surface area contributed by atoms with E-state index in [0.717, 1.165) is 13.0 Å². The van der Waals surface area contributed by atoms with E-state index in [4.69, 9.17) is 4.74 Å². The fourth-order valence-corrected chi connectivity index (χ4v) is 4.00. The van der Waals surface area contributed by atoms with Crippen LogP contribution in [0.2, 0.25) is 0 Å². The molecule has 2 fully saturated rings. The second-order valence-electron chi connectivity index (χ2n) is 6.65. The van der Waals surface area contributed by atoms with Gasteiger partial charge in [0, 0.05) is 29.7 Å². The lowest BCUT2D eigenvalue weighted by molar-refractivity contribution is -0.0923. The maximum absolute atomic E-state index is 5.88. The Morgan fingerprint density at radius 2 is 2.16 bits per heavy atom. The molecule has 1 heterocycles. The van der Waals surface area contributed by atoms with Crippen LogP contribution in [0, 0.1) is 18.3 Å². The summed E-state index contributed by atoms with van der Waals surface area (Å²) in [7, 11) is 0. The van der Waals surface area contributed by atoms with Crippen molar-refractivity contribution in [2.45, 2.75) is 52.7 Å². The van der Waals surface area contributed by atoms with Crippen molar-refractivity contribution in [1.82, 2.24) is 0 Å². The number of para-hydroxylation sites is 1. The van der Waals surface area contributed by atoms with Crippen LogP contribution >= 0.6 is 0 Å². The normalized spacial score (nSPS) is 31.7. The van der Waals surface area contributed by atoms with Gasteiger partial charge in [-0.25, -0.2) is 0 Å². The third kappa shape index (κ3) is 1.88. The predicted molar refractivity (Wildman–Crippen MR) is 79.6 cm³/mol. The van der Waals surface area contributed by atoms with E-state index in [0.29, 0.717) is 18.1 Å². The van der Waals surface area contributed by atoms with Crippen molar-refractivity contribution in [3.8, 4) is 0 Å². The quantitative estimate of drug-likeness (QED) is 0.892. The second-order valence-corrected chi connectivity index (χ2v) is 6.65. The number of anilines is 1. The van der Waals surface area contributed by atoms with E-state index >= 15 is 0 Å². The predicted octanol–water partition coefficient (Wildman–Crippen LogP) is 3.78. The fourth-order valence-electron chi connectivity index (χ4n) is 4.00. The Morgan fingerprint density at radius 3 is 2.89 bits per heavy atom. The zero-order chi connectivity index (χ0) is 13.6. The largest absolute Gasteiger partial charge is 0.381 e. The van der Waals surface area contributed by atoms with Crippen LogP contribution in [-0.2, 0) is 11.2 Å². The van der Waals surface area contributed by atoms with E-state index < -0.39 is 0 Å². The molecule has 0 radical (unpaired) electrons. The summed E-state index contributed by atoms with van der Waals surface area (Å²) in [6, 6.07) is 7.15. The van der Waals surface area contributed by atoms with E-state index in [-0.39, 0.29) is 5.41 Å². The number of aryl methyl sites for hydroxylation is 2. The van der Waals surface area contributed by atoms with E-state index in [2.05, 4.69) is 51.2 Å². The van der Waals surface area contributed by atoms with Crippen LogP contribution in [0.15, 0.2) is 18.2 Å². The number of hydrogen-bond donors (Lipinski definition) is 1. The molecule has 1 aliphatic carbocycles. The minimum atomic E-state index is 0.245. The average molecular weight is 259 g/mol. The molecule has 0 bridgehead atoms. The summed E-state index contributed by atoms with van der Waals surface area (Å²) < 4.78 is 5.88. The highest BCUT2D eigenvalue weighted by atomic mass is 16.5. The van der Waals surface area contributed by atoms with Gasteiger partial charge >= 0.3 is 0 Å². The molecule has 1 saturated carbocycles. The summed E-state index contributed by atoms with van der Waals surface area (Å²) in [4.78, 5) is 0. The van der Waals surface area contributed by atoms with Crippen molar-refractivity contribution < 1.29 is 4.74 Å². The molecule has 0 aromatic heterocycles. The Labute approximate surface area is 116 Å². The maximum atomic E-state index is 5.88. The number of benzene rings is 1. The van der Waals surface area contributed by atoms with Crippen LogP contribution in [0.1, 0.15) is 38.3 Å². The van der Waals surface area contributed by atoms with Crippen molar-refractivity contribution in [1.29, 1.82) is 0 Å². The van der Waals surface area contributed by atoms with Gasteiger partial charge in [-0.15, -0.1) is 0 Å². The monoisotopic (exact) mass is 259 g/mol. The molecule has 3 atom stereocenters. The van der Waals surface area contributed by atoms with Crippen molar-refractivity contribution in [2.24, 2.45) is 11.3 Å². The van der Waals surface area contributed by atoms with Crippen LogP contribution in [-0.4, -0.2) is 18.8 Å². The van der Waals surface area contributed by atoms with E-state index in [9.17, 15) is 0 Å². The molecule has 1 aromatic rings. The number of ether oxygens (including phenoxy) is 1. The topological polar surface area (TPSA) is 21.3 Å². The second kappa shape index (κ2) is 4.52. The number of nitrogens with one attached hydrogen (secondary N) is 1. The van der Waals surface area contributed by atoms with Crippen molar-refractivity contribution in [3.63, 3.8) is 0 Å². The highest BCUT2D eigenvalue weighted by Crippen LogP contribution is 2.53. The first kappa shape index (κ1) is 13.0. The molecule has 1 aliphatic heterocycles. The lowest BCUT2D eigenvalue weighted by atomic mass is 9.57. The number of hydrogen-bond acceptors (Lipinski definition) is 2. The van der Waals surface area contributed by atoms with Gasteiger partial charge in [0.15, 0.2) is 0 Å². The Kier molecular flexibility index (Phi) is 3.09. The van der Waals surface area contributed by atoms with Gasteiger partial charge in [-0.05, 0) is 30.9 Å². The van der Waals surface area contributed by atoms with Gasteiger partial charge in [-0.1, -0.05) is 39.0 Å². The first-order chi connectivity index (χ1) is 9.05. The molecule has 2 heteroatoms. The van der Waals surface area contributed by atoms with Crippen LogP contribution in [0.25, 0.3) is 0 Å². The molecule has 2 nitrogen and oxygen atoms in total. The molecule has 3 unspecified atom stereocenters.